The molecule has 4 aromatic rings. The quantitative estimate of drug-likeness (QED) is 0.185. The molecule has 0 aliphatic carbocycles. The van der Waals surface area contributed by atoms with Gasteiger partial charge in [-0.3, -0.25) is 14.4 Å². The summed E-state index contributed by atoms with van der Waals surface area (Å²) in [7, 11) is 5.97. The molecule has 1 atom stereocenters. The van der Waals surface area contributed by atoms with E-state index in [9.17, 15) is 14.4 Å². The van der Waals surface area contributed by atoms with Crippen LogP contribution in [0.25, 0.3) is 17.0 Å². The highest BCUT2D eigenvalue weighted by molar-refractivity contribution is 6.15. The van der Waals surface area contributed by atoms with Gasteiger partial charge in [-0.25, -0.2) is 0 Å². The van der Waals surface area contributed by atoms with Crippen LogP contribution in [0.5, 0.6) is 34.5 Å². The fourth-order valence-corrected chi connectivity index (χ4v) is 5.24. The van der Waals surface area contributed by atoms with Crippen molar-refractivity contribution in [2.45, 2.75) is 12.3 Å². The Labute approximate surface area is 233 Å². The Morgan fingerprint density at radius 3 is 2.39 bits per heavy atom. The fraction of sp³-hybridized carbons (Fsp3) is 0.194. The number of Topliss-reactive ketones (excluding diaryl/α,β-unsaturated/α-hetero) is 1. The predicted octanol–water partition coefficient (Wildman–Crippen LogP) is 4.88. The van der Waals surface area contributed by atoms with Crippen LogP contribution in [0, 0.1) is 0 Å². The zero-order chi connectivity index (χ0) is 28.8. The standard InChI is InChI=1S/C31H24O10/c1-35-16-6-9-21-19(12-16)27(33)20(14-39-21)18-13-25(32)40-22-10-7-17-28(34)24(41-30(17)26(18)22)11-15-5-8-23(36-2)31(38-4)29(15)37-3/h5-12,14,18H,13H2,1-4H3/b24-11-/t18-/m1/s1. The van der Waals surface area contributed by atoms with Crippen molar-refractivity contribution in [1.82, 2.24) is 0 Å². The molecule has 10 heteroatoms. The van der Waals surface area contributed by atoms with E-state index in [1.54, 1.807) is 30.3 Å². The van der Waals surface area contributed by atoms with E-state index in [-0.39, 0.29) is 46.0 Å². The SMILES string of the molecule is COc1ccc2occ([C@H]3CC(=O)Oc4ccc5c(c43)O/C(=C\c3ccc(OC)c(OC)c3OC)C5=O)c(=O)c2c1. The third kappa shape index (κ3) is 4.15. The second-order valence-electron chi connectivity index (χ2n) is 9.33. The van der Waals surface area contributed by atoms with Crippen LogP contribution in [-0.2, 0) is 4.79 Å². The summed E-state index contributed by atoms with van der Waals surface area (Å²) in [6.45, 7) is 0. The van der Waals surface area contributed by atoms with Gasteiger partial charge in [0.15, 0.2) is 22.7 Å². The molecule has 0 radical (unpaired) electrons. The average Bonchev–Trinajstić information content (AvgIpc) is 3.30. The van der Waals surface area contributed by atoms with Crippen molar-refractivity contribution in [3.05, 3.63) is 87.0 Å². The maximum atomic E-state index is 13.6. The first kappa shape index (κ1) is 26.0. The first-order valence-electron chi connectivity index (χ1n) is 12.6. The number of methoxy groups -OCH3 is 4. The molecular weight excluding hydrogens is 532 g/mol. The maximum absolute atomic E-state index is 13.6. The van der Waals surface area contributed by atoms with E-state index >= 15 is 0 Å². The van der Waals surface area contributed by atoms with Crippen molar-refractivity contribution in [3.8, 4) is 34.5 Å². The molecule has 1 aromatic heterocycles. The van der Waals surface area contributed by atoms with Crippen molar-refractivity contribution in [3.63, 3.8) is 0 Å². The van der Waals surface area contributed by atoms with Crippen LogP contribution in [0.15, 0.2) is 63.7 Å². The van der Waals surface area contributed by atoms with Crippen LogP contribution in [0.2, 0.25) is 0 Å². The Balaban J connectivity index is 1.48. The van der Waals surface area contributed by atoms with E-state index in [1.807, 2.05) is 0 Å². The number of fused-ring (bicyclic) bond motifs is 4. The number of ether oxygens (including phenoxy) is 6. The molecule has 2 aliphatic heterocycles. The van der Waals surface area contributed by atoms with Gasteiger partial charge in [-0.1, -0.05) is 0 Å². The molecule has 0 unspecified atom stereocenters. The largest absolute Gasteiger partial charge is 0.497 e. The Morgan fingerprint density at radius 1 is 0.854 bits per heavy atom. The summed E-state index contributed by atoms with van der Waals surface area (Å²) in [4.78, 5) is 39.7. The van der Waals surface area contributed by atoms with E-state index in [0.717, 1.165) is 0 Å². The molecule has 0 N–H and O–H groups in total. The molecule has 41 heavy (non-hydrogen) atoms. The number of allylic oxidation sites excluding steroid dienone is 1. The summed E-state index contributed by atoms with van der Waals surface area (Å²) >= 11 is 0. The molecule has 208 valence electrons. The zero-order valence-corrected chi connectivity index (χ0v) is 22.6. The maximum Gasteiger partial charge on any atom is 0.312 e. The Kier molecular flexibility index (Phi) is 6.37. The van der Waals surface area contributed by atoms with Crippen LogP contribution >= 0.6 is 0 Å². The molecule has 10 nitrogen and oxygen atoms in total. The molecule has 0 spiro atoms. The second kappa shape index (κ2) is 10.1. The van der Waals surface area contributed by atoms with Gasteiger partial charge < -0.3 is 32.8 Å². The van der Waals surface area contributed by atoms with Crippen LogP contribution in [-0.4, -0.2) is 40.2 Å². The second-order valence-corrected chi connectivity index (χ2v) is 9.33. The van der Waals surface area contributed by atoms with E-state index in [1.165, 1.54) is 52.9 Å². The first-order chi connectivity index (χ1) is 19.9. The molecule has 0 saturated heterocycles. The van der Waals surface area contributed by atoms with E-state index in [2.05, 4.69) is 0 Å². The number of rotatable bonds is 6. The molecule has 0 bridgehead atoms. The number of benzene rings is 3. The van der Waals surface area contributed by atoms with Gasteiger partial charge in [0.25, 0.3) is 0 Å². The van der Waals surface area contributed by atoms with Gasteiger partial charge in [0.1, 0.15) is 22.8 Å². The summed E-state index contributed by atoms with van der Waals surface area (Å²) in [5, 5.41) is 0.299. The Bertz CT molecular complexity index is 1830. The summed E-state index contributed by atoms with van der Waals surface area (Å²) < 4.78 is 39.0. The van der Waals surface area contributed by atoms with Crippen molar-refractivity contribution < 1.29 is 42.4 Å². The molecular formula is C31H24O10. The summed E-state index contributed by atoms with van der Waals surface area (Å²) in [6.07, 6.45) is 2.73. The van der Waals surface area contributed by atoms with E-state index in [0.29, 0.717) is 45.1 Å². The third-order valence-corrected chi connectivity index (χ3v) is 7.18. The average molecular weight is 557 g/mol. The lowest BCUT2D eigenvalue weighted by atomic mass is 9.85. The molecule has 6 rings (SSSR count). The van der Waals surface area contributed by atoms with Gasteiger partial charge in [-0.05, 0) is 48.5 Å². The van der Waals surface area contributed by atoms with Gasteiger partial charge in [-0.15, -0.1) is 0 Å². The highest BCUT2D eigenvalue weighted by Crippen LogP contribution is 2.49. The van der Waals surface area contributed by atoms with Crippen molar-refractivity contribution in [2.24, 2.45) is 0 Å². The lowest BCUT2D eigenvalue weighted by molar-refractivity contribution is -0.135. The first-order valence-corrected chi connectivity index (χ1v) is 12.6. The zero-order valence-electron chi connectivity index (χ0n) is 22.6. The molecule has 3 aromatic carbocycles. The normalized spacial score (nSPS) is 16.6. The van der Waals surface area contributed by atoms with Gasteiger partial charge >= 0.3 is 5.97 Å². The van der Waals surface area contributed by atoms with E-state index in [4.69, 9.17) is 32.8 Å². The molecule has 2 aliphatic rings. The Morgan fingerprint density at radius 2 is 1.66 bits per heavy atom. The minimum atomic E-state index is -0.782. The highest BCUT2D eigenvalue weighted by atomic mass is 16.5. The number of hydrogen-bond acceptors (Lipinski definition) is 10. The monoisotopic (exact) mass is 556 g/mol. The van der Waals surface area contributed by atoms with Crippen LogP contribution < -0.4 is 33.8 Å². The van der Waals surface area contributed by atoms with Crippen molar-refractivity contribution >= 4 is 28.8 Å². The van der Waals surface area contributed by atoms with Gasteiger partial charge in [0.2, 0.25) is 11.5 Å². The third-order valence-electron chi connectivity index (χ3n) is 7.18. The van der Waals surface area contributed by atoms with Crippen LogP contribution in [0.3, 0.4) is 0 Å². The predicted molar refractivity (Wildman–Crippen MR) is 147 cm³/mol. The molecule has 3 heterocycles. The van der Waals surface area contributed by atoms with Crippen molar-refractivity contribution in [1.29, 1.82) is 0 Å². The number of esters is 1. The molecule has 0 fully saturated rings. The van der Waals surface area contributed by atoms with Gasteiger partial charge in [-0.2, -0.15) is 0 Å². The minimum absolute atomic E-state index is 0.0184. The summed E-state index contributed by atoms with van der Waals surface area (Å²) in [5.41, 5.74) is 1.46. The molecule has 0 amide bonds. The number of carbonyl (C=O) groups excluding carboxylic acids is 2. The molecule has 0 saturated carbocycles. The fourth-order valence-electron chi connectivity index (χ4n) is 5.24. The Hall–Kier alpha value is -5.25. The number of hydrogen-bond donors (Lipinski definition) is 0. The smallest absolute Gasteiger partial charge is 0.312 e. The van der Waals surface area contributed by atoms with E-state index < -0.39 is 11.9 Å². The van der Waals surface area contributed by atoms with Crippen LogP contribution in [0.1, 0.15) is 39.4 Å². The highest BCUT2D eigenvalue weighted by Gasteiger charge is 2.40. The lowest BCUT2D eigenvalue weighted by Crippen LogP contribution is -2.25. The topological polar surface area (TPSA) is 120 Å². The lowest BCUT2D eigenvalue weighted by Gasteiger charge is -2.25. The number of ketones is 1. The van der Waals surface area contributed by atoms with Crippen molar-refractivity contribution in [2.75, 3.05) is 28.4 Å². The van der Waals surface area contributed by atoms with Gasteiger partial charge in [0.05, 0.1) is 52.1 Å². The van der Waals surface area contributed by atoms with Gasteiger partial charge in [0, 0.05) is 22.6 Å². The van der Waals surface area contributed by atoms with Crippen LogP contribution in [0.4, 0.5) is 0 Å². The minimum Gasteiger partial charge on any atom is -0.497 e. The summed E-state index contributed by atoms with van der Waals surface area (Å²) in [5.74, 6) is 0.392. The summed E-state index contributed by atoms with van der Waals surface area (Å²) in [6, 6.07) is 11.4. The number of carbonyl (C=O) groups is 2.